The lowest BCUT2D eigenvalue weighted by Crippen LogP contribution is -2.24. The number of sulfonamides is 1. The van der Waals surface area contributed by atoms with Crippen LogP contribution in [0.4, 0.5) is 5.69 Å². The quantitative estimate of drug-likeness (QED) is 0.829. The first kappa shape index (κ1) is 15.3. The molecule has 3 N–H and O–H groups in total. The molecule has 0 heterocycles. The molecule has 0 unspecified atom stereocenters. The molecule has 0 atom stereocenters. The predicted molar refractivity (Wildman–Crippen MR) is 82.6 cm³/mol. The smallest absolute Gasteiger partial charge is 0.241 e. The zero-order chi connectivity index (χ0) is 15.5. The fourth-order valence-electron chi connectivity index (χ4n) is 1.92. The van der Waals surface area contributed by atoms with Crippen LogP contribution in [-0.4, -0.2) is 15.5 Å². The summed E-state index contributed by atoms with van der Waals surface area (Å²) >= 11 is 0. The van der Waals surface area contributed by atoms with E-state index in [0.717, 1.165) is 11.3 Å². The molecule has 2 rings (SSSR count). The summed E-state index contributed by atoms with van der Waals surface area (Å²) in [5, 5.41) is 0. The first-order chi connectivity index (χ1) is 9.94. The van der Waals surface area contributed by atoms with E-state index in [4.69, 9.17) is 10.5 Å². The fraction of sp³-hybridized carbons (Fsp3) is 0.200. The number of anilines is 1. The maximum Gasteiger partial charge on any atom is 0.241 e. The third-order valence-electron chi connectivity index (χ3n) is 3.24. The molecule has 112 valence electrons. The van der Waals surface area contributed by atoms with Gasteiger partial charge in [0, 0.05) is 12.2 Å². The molecular formula is C15H18N2O3S. The third kappa shape index (κ3) is 3.53. The highest BCUT2D eigenvalue weighted by atomic mass is 32.2. The average molecular weight is 306 g/mol. The predicted octanol–water partition coefficient (Wildman–Crippen LogP) is 2.06. The number of nitrogens with two attached hydrogens (primary N) is 1. The molecule has 0 spiro atoms. The Morgan fingerprint density at radius 1 is 1.14 bits per heavy atom. The van der Waals surface area contributed by atoms with Crippen LogP contribution >= 0.6 is 0 Å². The van der Waals surface area contributed by atoms with Crippen molar-refractivity contribution in [1.82, 2.24) is 4.72 Å². The second-order valence-corrected chi connectivity index (χ2v) is 6.38. The zero-order valence-corrected chi connectivity index (χ0v) is 12.8. The molecule has 5 nitrogen and oxygen atoms in total. The van der Waals surface area contributed by atoms with Gasteiger partial charge in [0.25, 0.3) is 0 Å². The molecule has 0 radical (unpaired) electrons. The molecule has 0 aliphatic rings. The summed E-state index contributed by atoms with van der Waals surface area (Å²) in [6, 6.07) is 12.1. The van der Waals surface area contributed by atoms with Crippen LogP contribution in [0.2, 0.25) is 0 Å². The normalized spacial score (nSPS) is 11.3. The first-order valence-electron chi connectivity index (χ1n) is 6.42. The van der Waals surface area contributed by atoms with Crippen LogP contribution in [0.3, 0.4) is 0 Å². The Balaban J connectivity index is 2.15. The molecule has 0 fully saturated rings. The van der Waals surface area contributed by atoms with Gasteiger partial charge in [-0.05, 0) is 42.3 Å². The van der Waals surface area contributed by atoms with Crippen LogP contribution in [0.5, 0.6) is 5.75 Å². The zero-order valence-electron chi connectivity index (χ0n) is 12.0. The molecule has 0 saturated carbocycles. The lowest BCUT2D eigenvalue weighted by Gasteiger charge is -2.11. The Morgan fingerprint density at radius 2 is 1.81 bits per heavy atom. The van der Waals surface area contributed by atoms with E-state index in [1.165, 1.54) is 0 Å². The van der Waals surface area contributed by atoms with Crippen molar-refractivity contribution in [2.75, 3.05) is 12.8 Å². The summed E-state index contributed by atoms with van der Waals surface area (Å²) in [7, 11) is -2.00. The Hall–Kier alpha value is -2.05. The molecule has 0 amide bonds. The number of hydrogen-bond acceptors (Lipinski definition) is 4. The number of hydrogen-bond donors (Lipinski definition) is 2. The number of nitrogen functional groups attached to an aromatic ring is 1. The van der Waals surface area contributed by atoms with Gasteiger partial charge in [-0.1, -0.05) is 18.2 Å². The van der Waals surface area contributed by atoms with Gasteiger partial charge in [0.15, 0.2) is 0 Å². The van der Waals surface area contributed by atoms with E-state index >= 15 is 0 Å². The molecule has 0 aromatic heterocycles. The summed E-state index contributed by atoms with van der Waals surface area (Å²) in [5.41, 5.74) is 7.61. The minimum absolute atomic E-state index is 0.205. The van der Waals surface area contributed by atoms with E-state index in [0.29, 0.717) is 11.3 Å². The standard InChI is InChI=1S/C15H18N2O3S/c1-11-14(16)4-3-5-15(11)21(18,19)17-10-12-6-8-13(20-2)9-7-12/h3-9,17H,10,16H2,1-2H3. The van der Waals surface area contributed by atoms with E-state index in [1.807, 2.05) is 12.1 Å². The Kier molecular flexibility index (Phi) is 4.50. The lowest BCUT2D eigenvalue weighted by molar-refractivity contribution is 0.414. The molecule has 0 saturated heterocycles. The van der Waals surface area contributed by atoms with Crippen LogP contribution in [0.1, 0.15) is 11.1 Å². The van der Waals surface area contributed by atoms with E-state index < -0.39 is 10.0 Å². The van der Waals surface area contributed by atoms with Crippen LogP contribution in [-0.2, 0) is 16.6 Å². The molecule has 21 heavy (non-hydrogen) atoms. The van der Waals surface area contributed by atoms with Crippen LogP contribution < -0.4 is 15.2 Å². The third-order valence-corrected chi connectivity index (χ3v) is 4.79. The largest absolute Gasteiger partial charge is 0.497 e. The Labute approximate surface area is 124 Å². The molecule has 0 aliphatic carbocycles. The van der Waals surface area contributed by atoms with Crippen LogP contribution in [0.15, 0.2) is 47.4 Å². The minimum Gasteiger partial charge on any atom is -0.497 e. The molecule has 0 bridgehead atoms. The van der Waals surface area contributed by atoms with Gasteiger partial charge in [0.05, 0.1) is 12.0 Å². The highest BCUT2D eigenvalue weighted by Gasteiger charge is 2.17. The van der Waals surface area contributed by atoms with Gasteiger partial charge >= 0.3 is 0 Å². The fourth-order valence-corrected chi connectivity index (χ4v) is 3.21. The van der Waals surface area contributed by atoms with Gasteiger partial charge in [0.2, 0.25) is 10.0 Å². The van der Waals surface area contributed by atoms with E-state index in [1.54, 1.807) is 44.4 Å². The number of ether oxygens (including phenoxy) is 1. The van der Waals surface area contributed by atoms with E-state index in [2.05, 4.69) is 4.72 Å². The van der Waals surface area contributed by atoms with E-state index in [9.17, 15) is 8.42 Å². The van der Waals surface area contributed by atoms with Gasteiger partial charge < -0.3 is 10.5 Å². The van der Waals surface area contributed by atoms with Gasteiger partial charge in [-0.2, -0.15) is 0 Å². The monoisotopic (exact) mass is 306 g/mol. The Bertz CT molecular complexity index is 725. The highest BCUT2D eigenvalue weighted by Crippen LogP contribution is 2.20. The van der Waals surface area contributed by atoms with Crippen molar-refractivity contribution < 1.29 is 13.2 Å². The number of rotatable bonds is 5. The Morgan fingerprint density at radius 3 is 2.43 bits per heavy atom. The number of nitrogens with one attached hydrogen (secondary N) is 1. The summed E-state index contributed by atoms with van der Waals surface area (Å²) in [5.74, 6) is 0.730. The molecule has 2 aromatic carbocycles. The van der Waals surface area contributed by atoms with Crippen LogP contribution in [0.25, 0.3) is 0 Å². The maximum atomic E-state index is 12.3. The second kappa shape index (κ2) is 6.15. The summed E-state index contributed by atoms with van der Waals surface area (Å²) < 4.78 is 32.3. The van der Waals surface area contributed by atoms with Crippen molar-refractivity contribution >= 4 is 15.7 Å². The topological polar surface area (TPSA) is 81.4 Å². The SMILES string of the molecule is COc1ccc(CNS(=O)(=O)c2cccc(N)c2C)cc1. The van der Waals surface area contributed by atoms with Crippen molar-refractivity contribution in [3.8, 4) is 5.75 Å². The number of benzene rings is 2. The van der Waals surface area contributed by atoms with Gasteiger partial charge in [0.1, 0.15) is 5.75 Å². The van der Waals surface area contributed by atoms with Gasteiger partial charge in [-0.25, -0.2) is 13.1 Å². The summed E-state index contributed by atoms with van der Waals surface area (Å²) in [6.07, 6.45) is 0. The lowest BCUT2D eigenvalue weighted by atomic mass is 10.2. The van der Waals surface area contributed by atoms with E-state index in [-0.39, 0.29) is 11.4 Å². The van der Waals surface area contributed by atoms with Crippen molar-refractivity contribution in [3.63, 3.8) is 0 Å². The van der Waals surface area contributed by atoms with Crippen molar-refractivity contribution in [2.24, 2.45) is 0 Å². The van der Waals surface area contributed by atoms with Gasteiger partial charge in [-0.3, -0.25) is 0 Å². The highest BCUT2D eigenvalue weighted by molar-refractivity contribution is 7.89. The molecule has 0 aliphatic heterocycles. The maximum absolute atomic E-state index is 12.3. The molecule has 2 aromatic rings. The average Bonchev–Trinajstić information content (AvgIpc) is 2.48. The van der Waals surface area contributed by atoms with Crippen molar-refractivity contribution in [2.45, 2.75) is 18.4 Å². The van der Waals surface area contributed by atoms with Crippen molar-refractivity contribution in [1.29, 1.82) is 0 Å². The van der Waals surface area contributed by atoms with Gasteiger partial charge in [-0.15, -0.1) is 0 Å². The van der Waals surface area contributed by atoms with Crippen molar-refractivity contribution in [3.05, 3.63) is 53.6 Å². The first-order valence-corrected chi connectivity index (χ1v) is 7.90. The molecular weight excluding hydrogens is 288 g/mol. The van der Waals surface area contributed by atoms with Crippen LogP contribution in [0, 0.1) is 6.92 Å². The molecule has 6 heteroatoms. The minimum atomic E-state index is -3.59. The summed E-state index contributed by atoms with van der Waals surface area (Å²) in [6.45, 7) is 1.90. The number of methoxy groups -OCH3 is 1. The second-order valence-electron chi connectivity index (χ2n) is 4.64. The summed E-state index contributed by atoms with van der Waals surface area (Å²) in [4.78, 5) is 0.205.